The fraction of sp³-hybridized carbons (Fsp3) is 0.727. The Morgan fingerprint density at radius 1 is 1.44 bits per heavy atom. The summed E-state index contributed by atoms with van der Waals surface area (Å²) in [5.41, 5.74) is 1.25. The van der Waals surface area contributed by atoms with Crippen LogP contribution in [0.15, 0.2) is 5.03 Å². The van der Waals surface area contributed by atoms with E-state index in [1.165, 1.54) is 4.31 Å². The van der Waals surface area contributed by atoms with Crippen LogP contribution in [0.2, 0.25) is 0 Å². The van der Waals surface area contributed by atoms with Gasteiger partial charge in [0.2, 0.25) is 0 Å². The van der Waals surface area contributed by atoms with Gasteiger partial charge in [-0.25, -0.2) is 8.42 Å². The van der Waals surface area contributed by atoms with Gasteiger partial charge < -0.3 is 0 Å². The average Bonchev–Trinajstić information content (AvgIpc) is 2.67. The summed E-state index contributed by atoms with van der Waals surface area (Å²) in [7, 11) is -3.56. The van der Waals surface area contributed by atoms with Crippen molar-refractivity contribution in [3.05, 3.63) is 11.3 Å². The maximum Gasteiger partial charge on any atom is 0.262 e. The van der Waals surface area contributed by atoms with Crippen LogP contribution in [-0.2, 0) is 15.9 Å². The van der Waals surface area contributed by atoms with Crippen molar-refractivity contribution >= 4 is 21.6 Å². The number of nitrogens with one attached hydrogen (secondary N) is 1. The van der Waals surface area contributed by atoms with Crippen molar-refractivity contribution < 1.29 is 8.42 Å². The van der Waals surface area contributed by atoms with E-state index in [9.17, 15) is 8.42 Å². The highest BCUT2D eigenvalue weighted by Crippen LogP contribution is 2.22. The minimum atomic E-state index is -3.56. The Balaban J connectivity index is 3.19. The van der Waals surface area contributed by atoms with Crippen molar-refractivity contribution in [3.8, 4) is 0 Å². The topological polar surface area (TPSA) is 66.1 Å². The molecular formula is C11H20ClN3O2S. The molecule has 18 heavy (non-hydrogen) atoms. The Labute approximate surface area is 114 Å². The molecule has 1 aromatic rings. The predicted octanol–water partition coefficient (Wildman–Crippen LogP) is 2.12. The fourth-order valence-corrected chi connectivity index (χ4v) is 3.91. The highest BCUT2D eigenvalue weighted by molar-refractivity contribution is 7.89. The van der Waals surface area contributed by atoms with Gasteiger partial charge in [0.05, 0.1) is 5.88 Å². The third-order valence-electron chi connectivity index (χ3n) is 2.68. The number of halogens is 1. The van der Waals surface area contributed by atoms with Crippen LogP contribution in [0.4, 0.5) is 0 Å². The Morgan fingerprint density at radius 2 is 2.06 bits per heavy atom. The minimum Gasteiger partial charge on any atom is -0.281 e. The minimum absolute atomic E-state index is 0.0532. The van der Waals surface area contributed by atoms with E-state index in [-0.39, 0.29) is 16.8 Å². The lowest BCUT2D eigenvalue weighted by molar-refractivity contribution is 0.379. The molecule has 0 saturated heterocycles. The van der Waals surface area contributed by atoms with Gasteiger partial charge in [-0.3, -0.25) is 5.10 Å². The van der Waals surface area contributed by atoms with Crippen molar-refractivity contribution in [2.24, 2.45) is 5.92 Å². The summed E-state index contributed by atoms with van der Waals surface area (Å²) in [6.45, 7) is 8.45. The molecule has 0 radical (unpaired) electrons. The number of hydrogen-bond donors (Lipinski definition) is 1. The molecule has 1 heterocycles. The summed E-state index contributed by atoms with van der Waals surface area (Å²) >= 11 is 5.80. The van der Waals surface area contributed by atoms with Crippen LogP contribution in [-0.4, -0.2) is 36.0 Å². The molecule has 0 aliphatic rings. The zero-order chi connectivity index (χ0) is 13.9. The molecule has 0 spiro atoms. The summed E-state index contributed by atoms with van der Waals surface area (Å²) in [4.78, 5) is 0. The number of aryl methyl sites for hydroxylation is 1. The summed E-state index contributed by atoms with van der Waals surface area (Å²) in [6, 6.07) is 0. The highest BCUT2D eigenvalue weighted by Gasteiger charge is 2.29. The molecule has 0 amide bonds. The number of sulfonamides is 1. The van der Waals surface area contributed by atoms with Crippen LogP contribution in [0.1, 0.15) is 32.0 Å². The van der Waals surface area contributed by atoms with Gasteiger partial charge in [0, 0.05) is 24.3 Å². The first-order valence-electron chi connectivity index (χ1n) is 5.94. The number of alkyl halides is 1. The number of aromatic amines is 1. The standard InChI is InChI=1S/C11H20ClN3O2S/c1-5-15(7-8(2)3)18(16,17)11-10(6-12)9(4)13-14-11/h8H,5-7H2,1-4H3,(H,13,14). The van der Waals surface area contributed by atoms with E-state index in [4.69, 9.17) is 11.6 Å². The first-order chi connectivity index (χ1) is 8.34. The third kappa shape index (κ3) is 3.05. The second-order valence-electron chi connectivity index (χ2n) is 4.62. The van der Waals surface area contributed by atoms with Gasteiger partial charge in [-0.1, -0.05) is 20.8 Å². The van der Waals surface area contributed by atoms with Crippen LogP contribution in [0, 0.1) is 12.8 Å². The van der Waals surface area contributed by atoms with E-state index in [1.807, 2.05) is 20.8 Å². The largest absolute Gasteiger partial charge is 0.281 e. The lowest BCUT2D eigenvalue weighted by Crippen LogP contribution is -2.34. The molecule has 0 atom stereocenters. The van der Waals surface area contributed by atoms with Gasteiger partial charge in [-0.2, -0.15) is 9.40 Å². The van der Waals surface area contributed by atoms with Crippen molar-refractivity contribution in [2.45, 2.75) is 38.6 Å². The van der Waals surface area contributed by atoms with Crippen LogP contribution >= 0.6 is 11.6 Å². The van der Waals surface area contributed by atoms with Crippen molar-refractivity contribution in [2.75, 3.05) is 13.1 Å². The van der Waals surface area contributed by atoms with E-state index in [0.29, 0.717) is 24.3 Å². The number of H-pyrrole nitrogens is 1. The van der Waals surface area contributed by atoms with E-state index in [0.717, 1.165) is 0 Å². The molecule has 1 rings (SSSR count). The quantitative estimate of drug-likeness (QED) is 0.817. The van der Waals surface area contributed by atoms with Crippen LogP contribution < -0.4 is 0 Å². The second kappa shape index (κ2) is 6.04. The molecule has 104 valence electrons. The Hall–Kier alpha value is -0.590. The lowest BCUT2D eigenvalue weighted by Gasteiger charge is -2.21. The third-order valence-corrected chi connectivity index (χ3v) is 4.86. The first-order valence-corrected chi connectivity index (χ1v) is 7.92. The second-order valence-corrected chi connectivity index (χ2v) is 6.74. The number of aromatic nitrogens is 2. The van der Waals surface area contributed by atoms with Gasteiger partial charge in [0.15, 0.2) is 5.03 Å². The lowest BCUT2D eigenvalue weighted by atomic mass is 10.2. The van der Waals surface area contributed by atoms with Gasteiger partial charge >= 0.3 is 0 Å². The summed E-state index contributed by atoms with van der Waals surface area (Å²) in [5.74, 6) is 0.398. The predicted molar refractivity (Wildman–Crippen MR) is 72.2 cm³/mol. The van der Waals surface area contributed by atoms with Crippen molar-refractivity contribution in [1.82, 2.24) is 14.5 Å². The van der Waals surface area contributed by atoms with Gasteiger partial charge in [-0.05, 0) is 12.8 Å². The van der Waals surface area contributed by atoms with Crippen LogP contribution in [0.3, 0.4) is 0 Å². The van der Waals surface area contributed by atoms with Gasteiger partial charge in [0.25, 0.3) is 10.0 Å². The first kappa shape index (κ1) is 15.5. The zero-order valence-corrected chi connectivity index (χ0v) is 12.8. The maximum atomic E-state index is 12.5. The van der Waals surface area contributed by atoms with Crippen molar-refractivity contribution in [3.63, 3.8) is 0 Å². The summed E-state index contributed by atoms with van der Waals surface area (Å²) in [5, 5.41) is 6.63. The molecule has 0 aliphatic heterocycles. The summed E-state index contributed by atoms with van der Waals surface area (Å²) < 4.78 is 26.4. The Bertz CT molecular complexity index is 496. The summed E-state index contributed by atoms with van der Waals surface area (Å²) in [6.07, 6.45) is 0. The molecule has 0 aromatic carbocycles. The van der Waals surface area contributed by atoms with Crippen LogP contribution in [0.25, 0.3) is 0 Å². The number of nitrogens with zero attached hydrogens (tertiary/aromatic N) is 2. The molecule has 0 aliphatic carbocycles. The molecule has 1 N–H and O–H groups in total. The van der Waals surface area contributed by atoms with E-state index < -0.39 is 10.0 Å². The van der Waals surface area contributed by atoms with Gasteiger partial charge in [-0.15, -0.1) is 11.6 Å². The Kier molecular flexibility index (Phi) is 5.19. The smallest absolute Gasteiger partial charge is 0.262 e. The number of hydrogen-bond acceptors (Lipinski definition) is 3. The van der Waals surface area contributed by atoms with E-state index in [1.54, 1.807) is 6.92 Å². The SMILES string of the molecule is CCN(CC(C)C)S(=O)(=O)c1n[nH]c(C)c1CCl. The fourth-order valence-electron chi connectivity index (χ4n) is 1.73. The molecule has 1 aromatic heterocycles. The molecule has 0 saturated carbocycles. The molecule has 0 unspecified atom stereocenters. The molecule has 5 nitrogen and oxygen atoms in total. The highest BCUT2D eigenvalue weighted by atomic mass is 35.5. The van der Waals surface area contributed by atoms with Crippen molar-refractivity contribution in [1.29, 1.82) is 0 Å². The normalized spacial score (nSPS) is 12.6. The van der Waals surface area contributed by atoms with E-state index >= 15 is 0 Å². The van der Waals surface area contributed by atoms with Gasteiger partial charge in [0.1, 0.15) is 0 Å². The molecule has 0 bridgehead atoms. The number of rotatable bonds is 6. The molecule has 7 heteroatoms. The molecular weight excluding hydrogens is 274 g/mol. The average molecular weight is 294 g/mol. The van der Waals surface area contributed by atoms with Crippen LogP contribution in [0.5, 0.6) is 0 Å². The maximum absolute atomic E-state index is 12.5. The van der Waals surface area contributed by atoms with E-state index in [2.05, 4.69) is 10.2 Å². The molecule has 0 fully saturated rings. The zero-order valence-electron chi connectivity index (χ0n) is 11.2. The Morgan fingerprint density at radius 3 is 2.50 bits per heavy atom. The monoisotopic (exact) mass is 293 g/mol.